The maximum Gasteiger partial charge on any atom is 0.351 e. The predicted molar refractivity (Wildman–Crippen MR) is 117 cm³/mol. The topological polar surface area (TPSA) is 93.8 Å². The summed E-state index contributed by atoms with van der Waals surface area (Å²) in [6.45, 7) is 5.43. The van der Waals surface area contributed by atoms with Crippen molar-refractivity contribution in [2.75, 3.05) is 7.11 Å². The van der Waals surface area contributed by atoms with Crippen molar-refractivity contribution in [2.24, 2.45) is 0 Å². The van der Waals surface area contributed by atoms with Gasteiger partial charge in [0.05, 0.1) is 13.5 Å². The zero-order valence-electron chi connectivity index (χ0n) is 17.6. The van der Waals surface area contributed by atoms with Gasteiger partial charge in [-0.3, -0.25) is 9.59 Å². The standard InChI is InChI=1S/C23H26O6S/c1-14(8-6-5-7-9-20(25)28-4)19-13-18(24)21(23(27)29-19)22(26)15(2)12-17-11-10-16(3)30-17/h5,7,10-14,24H,6,8-9H2,1-4H3/b7-5+,15-12?. The summed E-state index contributed by atoms with van der Waals surface area (Å²) in [5.41, 5.74) is -0.861. The predicted octanol–water partition coefficient (Wildman–Crippen LogP) is 5.00. The second kappa shape index (κ2) is 10.7. The number of Topliss-reactive ketones (excluding diaryl/α,β-unsaturated/α-hetero) is 1. The second-order valence-corrected chi connectivity index (χ2v) is 8.35. The Kier molecular flexibility index (Phi) is 8.35. The Morgan fingerprint density at radius 2 is 2.03 bits per heavy atom. The number of hydrogen-bond acceptors (Lipinski definition) is 7. The van der Waals surface area contributed by atoms with Crippen molar-refractivity contribution in [3.8, 4) is 5.75 Å². The van der Waals surface area contributed by atoms with Crippen LogP contribution >= 0.6 is 11.3 Å². The van der Waals surface area contributed by atoms with Crippen LogP contribution in [0.2, 0.25) is 0 Å². The molecule has 6 nitrogen and oxygen atoms in total. The summed E-state index contributed by atoms with van der Waals surface area (Å²) < 4.78 is 9.89. The lowest BCUT2D eigenvalue weighted by atomic mass is 9.99. The molecule has 0 saturated carbocycles. The molecule has 0 amide bonds. The monoisotopic (exact) mass is 430 g/mol. The first-order chi connectivity index (χ1) is 14.2. The fourth-order valence-corrected chi connectivity index (χ4v) is 3.71. The van der Waals surface area contributed by atoms with Crippen molar-refractivity contribution >= 4 is 29.2 Å². The zero-order chi connectivity index (χ0) is 22.3. The fraction of sp³-hybridized carbons (Fsp3) is 0.348. The Bertz CT molecular complexity index is 1020. The molecule has 0 fully saturated rings. The first-order valence-corrected chi connectivity index (χ1v) is 10.4. The summed E-state index contributed by atoms with van der Waals surface area (Å²) >= 11 is 1.53. The van der Waals surface area contributed by atoms with Gasteiger partial charge in [0, 0.05) is 21.7 Å². The van der Waals surface area contributed by atoms with Gasteiger partial charge in [0.25, 0.3) is 0 Å². The average molecular weight is 431 g/mol. The number of esters is 1. The number of carbonyl (C=O) groups is 2. The number of thiophene rings is 1. The van der Waals surface area contributed by atoms with Gasteiger partial charge in [-0.25, -0.2) is 4.79 Å². The summed E-state index contributed by atoms with van der Waals surface area (Å²) in [7, 11) is 1.33. The van der Waals surface area contributed by atoms with E-state index in [1.165, 1.54) is 24.5 Å². The summed E-state index contributed by atoms with van der Waals surface area (Å²) in [6.07, 6.45) is 6.77. The van der Waals surface area contributed by atoms with Gasteiger partial charge in [-0.15, -0.1) is 11.3 Å². The van der Waals surface area contributed by atoms with Crippen LogP contribution in [0, 0.1) is 6.92 Å². The molecular formula is C23H26O6S. The van der Waals surface area contributed by atoms with Gasteiger partial charge in [0.2, 0.25) is 0 Å². The molecule has 0 radical (unpaired) electrons. The van der Waals surface area contributed by atoms with Gasteiger partial charge >= 0.3 is 11.6 Å². The number of carbonyl (C=O) groups excluding carboxylic acids is 2. The molecule has 0 aliphatic heterocycles. The van der Waals surface area contributed by atoms with Gasteiger partial charge in [-0.05, 0) is 50.5 Å². The number of ether oxygens (including phenoxy) is 1. The Morgan fingerprint density at radius 3 is 2.63 bits per heavy atom. The Labute approximate surface area is 179 Å². The molecule has 1 unspecified atom stereocenters. The largest absolute Gasteiger partial charge is 0.507 e. The number of hydrogen-bond donors (Lipinski definition) is 1. The summed E-state index contributed by atoms with van der Waals surface area (Å²) in [4.78, 5) is 38.2. The van der Waals surface area contributed by atoms with E-state index in [9.17, 15) is 19.5 Å². The van der Waals surface area contributed by atoms with Crippen LogP contribution in [0.15, 0.2) is 45.1 Å². The molecule has 7 heteroatoms. The Hall–Kier alpha value is -2.93. The Morgan fingerprint density at radius 1 is 1.30 bits per heavy atom. The van der Waals surface area contributed by atoms with Crippen LogP contribution in [0.1, 0.15) is 64.9 Å². The van der Waals surface area contributed by atoms with Gasteiger partial charge < -0.3 is 14.3 Å². The molecule has 160 valence electrons. The van der Waals surface area contributed by atoms with E-state index in [0.29, 0.717) is 24.2 Å². The van der Waals surface area contributed by atoms with E-state index in [-0.39, 0.29) is 29.6 Å². The van der Waals surface area contributed by atoms with E-state index < -0.39 is 11.4 Å². The number of ketones is 1. The SMILES string of the molecule is COC(=O)C/C=C/CCC(C)c1cc(O)c(C(=O)C(C)=Cc2ccc(C)s2)c(=O)o1. The van der Waals surface area contributed by atoms with Crippen LogP contribution in [-0.2, 0) is 9.53 Å². The molecule has 0 aliphatic rings. The van der Waals surface area contributed by atoms with Crippen LogP contribution < -0.4 is 5.63 Å². The van der Waals surface area contributed by atoms with E-state index in [0.717, 1.165) is 9.75 Å². The minimum absolute atomic E-state index is 0.152. The summed E-state index contributed by atoms with van der Waals surface area (Å²) in [6, 6.07) is 5.17. The molecule has 2 heterocycles. The quantitative estimate of drug-likeness (QED) is 0.260. The van der Waals surface area contributed by atoms with Gasteiger partial charge in [0.1, 0.15) is 17.1 Å². The Balaban J connectivity index is 2.10. The molecule has 2 aromatic heterocycles. The van der Waals surface area contributed by atoms with Crippen molar-refractivity contribution in [2.45, 2.75) is 46.0 Å². The molecule has 0 spiro atoms. The number of methoxy groups -OCH3 is 1. The van der Waals surface area contributed by atoms with Crippen molar-refractivity contribution in [1.82, 2.24) is 0 Å². The van der Waals surface area contributed by atoms with Crippen LogP contribution in [0.3, 0.4) is 0 Å². The highest BCUT2D eigenvalue weighted by molar-refractivity contribution is 7.12. The summed E-state index contributed by atoms with van der Waals surface area (Å²) in [5.74, 6) is -1.09. The number of rotatable bonds is 9. The first kappa shape index (κ1) is 23.3. The molecule has 0 bridgehead atoms. The second-order valence-electron chi connectivity index (χ2n) is 7.03. The molecule has 0 aromatic carbocycles. The third kappa shape index (κ3) is 6.29. The van der Waals surface area contributed by atoms with E-state index in [1.54, 1.807) is 19.1 Å². The van der Waals surface area contributed by atoms with Gasteiger partial charge in [-0.2, -0.15) is 0 Å². The van der Waals surface area contributed by atoms with Crippen molar-refractivity contribution in [1.29, 1.82) is 0 Å². The minimum Gasteiger partial charge on any atom is -0.507 e. The summed E-state index contributed by atoms with van der Waals surface area (Å²) in [5, 5.41) is 10.3. The molecule has 2 rings (SSSR count). The maximum absolute atomic E-state index is 12.7. The van der Waals surface area contributed by atoms with E-state index in [4.69, 9.17) is 4.42 Å². The van der Waals surface area contributed by atoms with Crippen LogP contribution in [0.4, 0.5) is 0 Å². The van der Waals surface area contributed by atoms with Crippen LogP contribution in [0.25, 0.3) is 6.08 Å². The van der Waals surface area contributed by atoms with Crippen molar-refractivity contribution in [3.63, 3.8) is 0 Å². The highest BCUT2D eigenvalue weighted by atomic mass is 32.1. The molecular weight excluding hydrogens is 404 g/mol. The van der Waals surface area contributed by atoms with Gasteiger partial charge in [0.15, 0.2) is 5.78 Å². The molecule has 0 saturated heterocycles. The lowest BCUT2D eigenvalue weighted by Crippen LogP contribution is -2.16. The fourth-order valence-electron chi connectivity index (χ4n) is 2.83. The van der Waals surface area contributed by atoms with Crippen LogP contribution in [0.5, 0.6) is 5.75 Å². The van der Waals surface area contributed by atoms with E-state index in [1.807, 2.05) is 32.1 Å². The van der Waals surface area contributed by atoms with Crippen molar-refractivity contribution < 1.29 is 23.8 Å². The normalized spacial score (nSPS) is 12.9. The highest BCUT2D eigenvalue weighted by Gasteiger charge is 2.22. The zero-order valence-corrected chi connectivity index (χ0v) is 18.4. The molecule has 0 aliphatic carbocycles. The van der Waals surface area contributed by atoms with Gasteiger partial charge in [-0.1, -0.05) is 19.1 Å². The molecule has 30 heavy (non-hydrogen) atoms. The van der Waals surface area contributed by atoms with E-state index >= 15 is 0 Å². The molecule has 2 aromatic rings. The lowest BCUT2D eigenvalue weighted by molar-refractivity contribution is -0.139. The average Bonchev–Trinajstić information content (AvgIpc) is 3.11. The molecule has 1 atom stereocenters. The lowest BCUT2D eigenvalue weighted by Gasteiger charge is -2.11. The minimum atomic E-state index is -0.849. The highest BCUT2D eigenvalue weighted by Crippen LogP contribution is 2.27. The maximum atomic E-state index is 12.7. The van der Waals surface area contributed by atoms with E-state index in [2.05, 4.69) is 4.74 Å². The van der Waals surface area contributed by atoms with Crippen LogP contribution in [-0.4, -0.2) is 24.0 Å². The third-order valence-electron chi connectivity index (χ3n) is 4.59. The number of aryl methyl sites for hydroxylation is 1. The van der Waals surface area contributed by atoms with Crippen molar-refractivity contribution in [3.05, 3.63) is 67.4 Å². The smallest absolute Gasteiger partial charge is 0.351 e. The number of aromatic hydroxyl groups is 1. The number of allylic oxidation sites excluding steroid dienone is 2. The third-order valence-corrected chi connectivity index (χ3v) is 5.53. The first-order valence-electron chi connectivity index (χ1n) is 9.61. The molecule has 1 N–H and O–H groups in total.